The smallest absolute Gasteiger partial charge is 0.279 e. The molecule has 4 aromatic rings. The fourth-order valence-electron chi connectivity index (χ4n) is 3.16. The Hall–Kier alpha value is -3.22. The first-order valence-corrected chi connectivity index (χ1v) is 10.7. The predicted molar refractivity (Wildman–Crippen MR) is 121 cm³/mol. The SMILES string of the molecule is C[C@@H](c1nc2ccccc2s1)[NH+](C)CC(=O)Nc1ccccc1Oc1ccccc1. The number of carbonyl (C=O) groups excluding carboxylic acids is 1. The van der Waals surface area contributed by atoms with Gasteiger partial charge in [-0.15, -0.1) is 11.3 Å². The summed E-state index contributed by atoms with van der Waals surface area (Å²) in [5, 5.41) is 4.03. The quantitative estimate of drug-likeness (QED) is 0.470. The van der Waals surface area contributed by atoms with Crippen molar-refractivity contribution in [3.05, 3.63) is 83.9 Å². The van der Waals surface area contributed by atoms with Gasteiger partial charge in [-0.05, 0) is 43.3 Å². The normalized spacial score (nSPS) is 13.0. The number of amides is 1. The van der Waals surface area contributed by atoms with Gasteiger partial charge in [-0.25, -0.2) is 4.98 Å². The van der Waals surface area contributed by atoms with Crippen molar-refractivity contribution < 1.29 is 14.4 Å². The van der Waals surface area contributed by atoms with E-state index in [9.17, 15) is 4.79 Å². The third-order valence-corrected chi connectivity index (χ3v) is 6.21. The van der Waals surface area contributed by atoms with Crippen LogP contribution in [-0.2, 0) is 4.79 Å². The Morgan fingerprint density at radius 3 is 2.53 bits per heavy atom. The van der Waals surface area contributed by atoms with E-state index < -0.39 is 0 Å². The van der Waals surface area contributed by atoms with Gasteiger partial charge < -0.3 is 15.0 Å². The van der Waals surface area contributed by atoms with E-state index in [0.29, 0.717) is 18.0 Å². The lowest BCUT2D eigenvalue weighted by Crippen LogP contribution is -3.10. The number of benzene rings is 3. The van der Waals surface area contributed by atoms with Crippen molar-refractivity contribution in [3.63, 3.8) is 0 Å². The molecule has 0 bridgehead atoms. The van der Waals surface area contributed by atoms with Crippen LogP contribution in [-0.4, -0.2) is 24.5 Å². The van der Waals surface area contributed by atoms with Crippen LogP contribution in [0.3, 0.4) is 0 Å². The summed E-state index contributed by atoms with van der Waals surface area (Å²) in [6, 6.07) is 25.2. The number of nitrogens with zero attached hydrogens (tertiary/aromatic N) is 1. The number of hydrogen-bond acceptors (Lipinski definition) is 4. The number of anilines is 1. The lowest BCUT2D eigenvalue weighted by atomic mass is 10.2. The van der Waals surface area contributed by atoms with Gasteiger partial charge in [-0.1, -0.05) is 42.5 Å². The van der Waals surface area contributed by atoms with E-state index in [4.69, 9.17) is 9.72 Å². The fourth-order valence-corrected chi connectivity index (χ4v) is 4.27. The fraction of sp³-hybridized carbons (Fsp3) is 0.167. The summed E-state index contributed by atoms with van der Waals surface area (Å²) in [6.45, 7) is 2.43. The Kier molecular flexibility index (Phi) is 6.07. The van der Waals surface area contributed by atoms with Gasteiger partial charge in [-0.2, -0.15) is 0 Å². The number of nitrogens with one attached hydrogen (secondary N) is 2. The summed E-state index contributed by atoms with van der Waals surface area (Å²) in [4.78, 5) is 18.5. The zero-order valence-electron chi connectivity index (χ0n) is 17.0. The van der Waals surface area contributed by atoms with Gasteiger partial charge in [0, 0.05) is 0 Å². The Morgan fingerprint density at radius 1 is 1.03 bits per heavy atom. The van der Waals surface area contributed by atoms with Crippen molar-refractivity contribution in [2.45, 2.75) is 13.0 Å². The molecular formula is C24H24N3O2S+. The van der Waals surface area contributed by atoms with Crippen molar-refractivity contribution in [1.29, 1.82) is 0 Å². The van der Waals surface area contributed by atoms with Crippen LogP contribution < -0.4 is 15.0 Å². The van der Waals surface area contributed by atoms with E-state index in [1.54, 1.807) is 11.3 Å². The van der Waals surface area contributed by atoms with Crippen LogP contribution in [0.5, 0.6) is 11.5 Å². The highest BCUT2D eigenvalue weighted by Crippen LogP contribution is 2.29. The molecule has 1 aromatic heterocycles. The molecule has 0 fully saturated rings. The van der Waals surface area contributed by atoms with E-state index in [-0.39, 0.29) is 11.9 Å². The van der Waals surface area contributed by atoms with Gasteiger partial charge >= 0.3 is 0 Å². The van der Waals surface area contributed by atoms with Crippen molar-refractivity contribution in [1.82, 2.24) is 4.98 Å². The highest BCUT2D eigenvalue weighted by Gasteiger charge is 2.22. The molecule has 1 heterocycles. The maximum atomic E-state index is 12.7. The zero-order valence-corrected chi connectivity index (χ0v) is 17.8. The number of rotatable bonds is 7. The number of aromatic nitrogens is 1. The third-order valence-electron chi connectivity index (χ3n) is 4.99. The van der Waals surface area contributed by atoms with Crippen LogP contribution in [0, 0.1) is 0 Å². The van der Waals surface area contributed by atoms with Gasteiger partial charge in [0.2, 0.25) is 0 Å². The van der Waals surface area contributed by atoms with Crippen LogP contribution in [0.25, 0.3) is 10.2 Å². The molecule has 3 aromatic carbocycles. The first kappa shape index (κ1) is 20.1. The monoisotopic (exact) mass is 418 g/mol. The van der Waals surface area contributed by atoms with Crippen molar-refractivity contribution in [2.24, 2.45) is 0 Å². The Bertz CT molecular complexity index is 1110. The summed E-state index contributed by atoms with van der Waals surface area (Å²) in [5.74, 6) is 1.28. The van der Waals surface area contributed by atoms with Crippen molar-refractivity contribution >= 4 is 33.1 Å². The number of para-hydroxylation sites is 4. The van der Waals surface area contributed by atoms with E-state index in [1.165, 1.54) is 4.70 Å². The maximum Gasteiger partial charge on any atom is 0.279 e. The number of thiazole rings is 1. The molecule has 0 saturated carbocycles. The second-order valence-electron chi connectivity index (χ2n) is 7.22. The second-order valence-corrected chi connectivity index (χ2v) is 8.29. The first-order chi connectivity index (χ1) is 14.6. The van der Waals surface area contributed by atoms with E-state index in [1.807, 2.05) is 79.8 Å². The molecule has 2 atom stereocenters. The molecule has 0 radical (unpaired) electrons. The molecule has 0 saturated heterocycles. The van der Waals surface area contributed by atoms with Crippen LogP contribution in [0.15, 0.2) is 78.9 Å². The molecule has 152 valence electrons. The maximum absolute atomic E-state index is 12.7. The van der Waals surface area contributed by atoms with Crippen LogP contribution in [0.4, 0.5) is 5.69 Å². The average Bonchev–Trinajstić information content (AvgIpc) is 3.19. The highest BCUT2D eigenvalue weighted by molar-refractivity contribution is 7.18. The summed E-state index contributed by atoms with van der Waals surface area (Å²) in [6.07, 6.45) is 0. The van der Waals surface area contributed by atoms with Crippen LogP contribution in [0.1, 0.15) is 18.0 Å². The average molecular weight is 419 g/mol. The van der Waals surface area contributed by atoms with Gasteiger partial charge in [0.25, 0.3) is 5.91 Å². The molecule has 4 rings (SSSR count). The Morgan fingerprint density at radius 2 is 1.73 bits per heavy atom. The van der Waals surface area contributed by atoms with Crippen LogP contribution in [0.2, 0.25) is 0 Å². The third kappa shape index (κ3) is 4.67. The molecule has 0 spiro atoms. The molecule has 30 heavy (non-hydrogen) atoms. The number of ether oxygens (including phenoxy) is 1. The highest BCUT2D eigenvalue weighted by atomic mass is 32.1. The van der Waals surface area contributed by atoms with Crippen molar-refractivity contribution in [3.8, 4) is 11.5 Å². The van der Waals surface area contributed by atoms with E-state index in [2.05, 4.69) is 18.3 Å². The Labute approximate surface area is 179 Å². The first-order valence-electron chi connectivity index (χ1n) is 9.90. The van der Waals surface area contributed by atoms with Gasteiger partial charge in [0.1, 0.15) is 11.8 Å². The molecule has 1 amide bonds. The largest absolute Gasteiger partial charge is 0.455 e. The molecule has 0 aliphatic rings. The number of hydrogen-bond donors (Lipinski definition) is 2. The predicted octanol–water partition coefficient (Wildman–Crippen LogP) is 4.30. The number of carbonyl (C=O) groups is 1. The van der Waals surface area contributed by atoms with E-state index >= 15 is 0 Å². The number of likely N-dealkylation sites (N-methyl/N-ethyl adjacent to an activating group) is 1. The molecule has 0 aliphatic carbocycles. The summed E-state index contributed by atoms with van der Waals surface area (Å²) < 4.78 is 7.11. The number of fused-ring (bicyclic) bond motifs is 1. The summed E-state index contributed by atoms with van der Waals surface area (Å²) in [5.41, 5.74) is 1.67. The molecular weight excluding hydrogens is 394 g/mol. The van der Waals surface area contributed by atoms with Crippen molar-refractivity contribution in [2.75, 3.05) is 18.9 Å². The van der Waals surface area contributed by atoms with E-state index in [0.717, 1.165) is 21.2 Å². The van der Waals surface area contributed by atoms with Crippen LogP contribution >= 0.6 is 11.3 Å². The number of quaternary nitrogens is 1. The topological polar surface area (TPSA) is 55.7 Å². The van der Waals surface area contributed by atoms with Gasteiger partial charge in [0.05, 0.1) is 23.0 Å². The Balaban J connectivity index is 1.42. The molecule has 2 N–H and O–H groups in total. The van der Waals surface area contributed by atoms with Gasteiger partial charge in [0.15, 0.2) is 17.3 Å². The molecule has 5 nitrogen and oxygen atoms in total. The minimum atomic E-state index is -0.0652. The molecule has 1 unspecified atom stereocenters. The lowest BCUT2D eigenvalue weighted by Gasteiger charge is -2.20. The van der Waals surface area contributed by atoms with Gasteiger partial charge in [-0.3, -0.25) is 4.79 Å². The summed E-state index contributed by atoms with van der Waals surface area (Å²) >= 11 is 1.68. The lowest BCUT2D eigenvalue weighted by molar-refractivity contribution is -0.902. The minimum absolute atomic E-state index is 0.0652. The summed E-state index contributed by atoms with van der Waals surface area (Å²) in [7, 11) is 2.02. The second kappa shape index (κ2) is 9.07. The molecule has 0 aliphatic heterocycles. The molecule has 6 heteroatoms. The standard InChI is InChI=1S/C24H23N3O2S/c1-17(24-26-20-13-7-9-15-22(20)30-24)27(2)16-23(28)25-19-12-6-8-14-21(19)29-18-10-4-3-5-11-18/h3-15,17H,16H2,1-2H3,(H,25,28)/p+1/t17-/m0/s1. The zero-order chi connectivity index (χ0) is 20.9. The minimum Gasteiger partial charge on any atom is -0.455 e.